The smallest absolute Gasteiger partial charge is 0.143 e. The van der Waals surface area contributed by atoms with Crippen LogP contribution < -0.4 is 4.90 Å². The monoisotopic (exact) mass is 342 g/mol. The number of piperidine rings is 1. The minimum absolute atomic E-state index is 0.587. The Hall–Kier alpha value is -2.11. The Kier molecular flexibility index (Phi) is 3.70. The molecule has 3 heterocycles. The Morgan fingerprint density at radius 2 is 2.04 bits per heavy atom. The molecule has 3 aromatic rings. The second-order valence-electron chi connectivity index (χ2n) is 6.62. The van der Waals surface area contributed by atoms with Gasteiger partial charge < -0.3 is 15.0 Å². The molecule has 5 nitrogen and oxygen atoms in total. The van der Waals surface area contributed by atoms with Gasteiger partial charge in [-0.1, -0.05) is 23.7 Å². The fourth-order valence-electron chi connectivity index (χ4n) is 3.27. The standard InChI is InChI=1S/C18H19ClN4O/c1-18(24)5-7-23(8-6-18)17-15-14(10-20-16(15)21-11-22-17)12-3-2-4-13(19)9-12/h2-4,9-11,24H,5-8H2,1H3,(H,20,21,22). The lowest BCUT2D eigenvalue weighted by molar-refractivity contribution is 0.0350. The summed E-state index contributed by atoms with van der Waals surface area (Å²) < 4.78 is 0. The zero-order valence-corrected chi connectivity index (χ0v) is 14.2. The fraction of sp³-hybridized carbons (Fsp3) is 0.333. The van der Waals surface area contributed by atoms with Crippen LogP contribution in [0.3, 0.4) is 0 Å². The largest absolute Gasteiger partial charge is 0.390 e. The molecule has 24 heavy (non-hydrogen) atoms. The first-order chi connectivity index (χ1) is 11.5. The van der Waals surface area contributed by atoms with Crippen molar-refractivity contribution in [2.75, 3.05) is 18.0 Å². The molecule has 2 aromatic heterocycles. The van der Waals surface area contributed by atoms with Gasteiger partial charge in [0.25, 0.3) is 0 Å². The number of fused-ring (bicyclic) bond motifs is 1. The molecule has 0 radical (unpaired) electrons. The van der Waals surface area contributed by atoms with Crippen molar-refractivity contribution >= 4 is 28.5 Å². The van der Waals surface area contributed by atoms with Crippen molar-refractivity contribution in [1.29, 1.82) is 0 Å². The quantitative estimate of drug-likeness (QED) is 0.746. The molecule has 0 aliphatic carbocycles. The summed E-state index contributed by atoms with van der Waals surface area (Å²) in [6.45, 7) is 3.45. The van der Waals surface area contributed by atoms with Crippen molar-refractivity contribution in [3.63, 3.8) is 0 Å². The molecule has 4 rings (SSSR count). The Bertz CT molecular complexity index is 880. The molecule has 0 unspecified atom stereocenters. The average molecular weight is 343 g/mol. The Balaban J connectivity index is 1.81. The minimum atomic E-state index is -0.587. The van der Waals surface area contributed by atoms with E-state index >= 15 is 0 Å². The number of hydrogen-bond donors (Lipinski definition) is 2. The molecule has 0 amide bonds. The van der Waals surface area contributed by atoms with E-state index in [-0.39, 0.29) is 0 Å². The number of hydrogen-bond acceptors (Lipinski definition) is 4. The van der Waals surface area contributed by atoms with Gasteiger partial charge >= 0.3 is 0 Å². The lowest BCUT2D eigenvalue weighted by atomic mass is 9.93. The lowest BCUT2D eigenvalue weighted by Crippen LogP contribution is -2.42. The Morgan fingerprint density at radius 1 is 1.25 bits per heavy atom. The molecular weight excluding hydrogens is 324 g/mol. The van der Waals surface area contributed by atoms with E-state index in [1.54, 1.807) is 6.33 Å². The Labute approximate surface area is 145 Å². The first-order valence-electron chi connectivity index (χ1n) is 8.09. The summed E-state index contributed by atoms with van der Waals surface area (Å²) in [5.74, 6) is 0.909. The van der Waals surface area contributed by atoms with E-state index in [0.717, 1.165) is 53.9 Å². The second-order valence-corrected chi connectivity index (χ2v) is 7.05. The molecule has 0 saturated carbocycles. The van der Waals surface area contributed by atoms with Gasteiger partial charge in [-0.15, -0.1) is 0 Å². The molecule has 0 bridgehead atoms. The van der Waals surface area contributed by atoms with Gasteiger partial charge in [-0.2, -0.15) is 0 Å². The number of aromatic amines is 1. The molecule has 2 N–H and O–H groups in total. The summed E-state index contributed by atoms with van der Waals surface area (Å²) in [5.41, 5.74) is 2.30. The van der Waals surface area contributed by atoms with E-state index in [1.807, 2.05) is 37.4 Å². The van der Waals surface area contributed by atoms with Crippen LogP contribution in [0.1, 0.15) is 19.8 Å². The van der Waals surface area contributed by atoms with Crippen molar-refractivity contribution < 1.29 is 5.11 Å². The maximum absolute atomic E-state index is 10.2. The first-order valence-corrected chi connectivity index (χ1v) is 8.47. The highest BCUT2D eigenvalue weighted by atomic mass is 35.5. The molecule has 0 spiro atoms. The van der Waals surface area contributed by atoms with Gasteiger partial charge in [0.15, 0.2) is 0 Å². The summed E-state index contributed by atoms with van der Waals surface area (Å²) in [4.78, 5) is 14.4. The highest BCUT2D eigenvalue weighted by Crippen LogP contribution is 2.36. The summed E-state index contributed by atoms with van der Waals surface area (Å²) in [6.07, 6.45) is 5.00. The topological polar surface area (TPSA) is 65.0 Å². The van der Waals surface area contributed by atoms with Gasteiger partial charge in [0.2, 0.25) is 0 Å². The minimum Gasteiger partial charge on any atom is -0.390 e. The van der Waals surface area contributed by atoms with Crippen LogP contribution in [0.2, 0.25) is 5.02 Å². The van der Waals surface area contributed by atoms with Crippen LogP contribution in [0.5, 0.6) is 0 Å². The number of anilines is 1. The summed E-state index contributed by atoms with van der Waals surface area (Å²) in [6, 6.07) is 7.79. The maximum atomic E-state index is 10.2. The van der Waals surface area contributed by atoms with Crippen molar-refractivity contribution in [3.8, 4) is 11.1 Å². The van der Waals surface area contributed by atoms with E-state index < -0.39 is 5.60 Å². The molecule has 1 aromatic carbocycles. The zero-order valence-electron chi connectivity index (χ0n) is 13.5. The van der Waals surface area contributed by atoms with Gasteiger partial charge in [0, 0.05) is 29.9 Å². The third kappa shape index (κ3) is 2.74. The molecule has 0 atom stereocenters. The van der Waals surface area contributed by atoms with Crippen LogP contribution in [0.15, 0.2) is 36.8 Å². The van der Waals surface area contributed by atoms with E-state index in [9.17, 15) is 5.11 Å². The van der Waals surface area contributed by atoms with Gasteiger partial charge in [-0.25, -0.2) is 9.97 Å². The van der Waals surface area contributed by atoms with Crippen molar-refractivity contribution in [2.45, 2.75) is 25.4 Å². The number of rotatable bonds is 2. The molecule has 1 saturated heterocycles. The highest BCUT2D eigenvalue weighted by molar-refractivity contribution is 6.31. The van der Waals surface area contributed by atoms with E-state index in [2.05, 4.69) is 19.9 Å². The number of halogens is 1. The summed E-state index contributed by atoms with van der Waals surface area (Å²) in [7, 11) is 0. The summed E-state index contributed by atoms with van der Waals surface area (Å²) in [5, 5.41) is 11.9. The second kappa shape index (κ2) is 5.76. The van der Waals surface area contributed by atoms with E-state index in [4.69, 9.17) is 11.6 Å². The first kappa shape index (κ1) is 15.4. The number of nitrogens with one attached hydrogen (secondary N) is 1. The van der Waals surface area contributed by atoms with E-state index in [1.165, 1.54) is 0 Å². The fourth-order valence-corrected chi connectivity index (χ4v) is 3.46. The van der Waals surface area contributed by atoms with Crippen LogP contribution in [-0.4, -0.2) is 38.7 Å². The number of aliphatic hydroxyl groups is 1. The molecule has 124 valence electrons. The molecular formula is C18H19ClN4O. The van der Waals surface area contributed by atoms with Crippen molar-refractivity contribution in [3.05, 3.63) is 41.8 Å². The predicted octanol–water partition coefficient (Wildman–Crippen LogP) is 3.63. The van der Waals surface area contributed by atoms with Crippen molar-refractivity contribution in [1.82, 2.24) is 15.0 Å². The third-order valence-electron chi connectivity index (χ3n) is 4.73. The normalized spacial score (nSPS) is 17.4. The number of aromatic nitrogens is 3. The van der Waals surface area contributed by atoms with Crippen LogP contribution in [0, 0.1) is 0 Å². The van der Waals surface area contributed by atoms with Gasteiger partial charge in [0.1, 0.15) is 17.8 Å². The van der Waals surface area contributed by atoms with Crippen LogP contribution in [0.25, 0.3) is 22.2 Å². The zero-order chi connectivity index (χ0) is 16.7. The van der Waals surface area contributed by atoms with Gasteiger partial charge in [-0.3, -0.25) is 0 Å². The van der Waals surface area contributed by atoms with Crippen molar-refractivity contribution in [2.24, 2.45) is 0 Å². The highest BCUT2D eigenvalue weighted by Gasteiger charge is 2.29. The molecule has 1 aliphatic heterocycles. The number of benzene rings is 1. The summed E-state index contributed by atoms with van der Waals surface area (Å²) >= 11 is 6.15. The third-order valence-corrected chi connectivity index (χ3v) is 4.96. The molecule has 1 fully saturated rings. The van der Waals surface area contributed by atoms with Crippen LogP contribution in [0.4, 0.5) is 5.82 Å². The predicted molar refractivity (Wildman–Crippen MR) is 96.4 cm³/mol. The van der Waals surface area contributed by atoms with Crippen LogP contribution >= 0.6 is 11.6 Å². The van der Waals surface area contributed by atoms with Gasteiger partial charge in [-0.05, 0) is 37.5 Å². The SMILES string of the molecule is CC1(O)CCN(c2ncnc3[nH]cc(-c4cccc(Cl)c4)c23)CC1. The van der Waals surface area contributed by atoms with E-state index in [0.29, 0.717) is 5.02 Å². The van der Waals surface area contributed by atoms with Gasteiger partial charge in [0.05, 0.1) is 11.0 Å². The molecule has 1 aliphatic rings. The number of H-pyrrole nitrogens is 1. The average Bonchev–Trinajstić information content (AvgIpc) is 2.99. The maximum Gasteiger partial charge on any atom is 0.143 e. The Morgan fingerprint density at radius 3 is 2.79 bits per heavy atom. The van der Waals surface area contributed by atoms with Crippen LogP contribution in [-0.2, 0) is 0 Å². The molecule has 6 heteroatoms. The number of nitrogens with zero attached hydrogens (tertiary/aromatic N) is 3. The lowest BCUT2D eigenvalue weighted by Gasteiger charge is -2.36.